The molecule has 3 nitrogen and oxygen atoms in total. The van der Waals surface area contributed by atoms with E-state index in [0.29, 0.717) is 12.1 Å². The Balaban J connectivity index is 2.14. The van der Waals surface area contributed by atoms with E-state index in [9.17, 15) is 5.11 Å². The minimum absolute atomic E-state index is 0.216. The van der Waals surface area contributed by atoms with Crippen molar-refractivity contribution in [2.24, 2.45) is 0 Å². The monoisotopic (exact) mass is 187 g/mol. The Kier molecular flexibility index (Phi) is 4.70. The summed E-state index contributed by atoms with van der Waals surface area (Å²) in [6.45, 7) is 5.67. The molecule has 1 aliphatic heterocycles. The largest absolute Gasteiger partial charge is 0.393 e. The van der Waals surface area contributed by atoms with E-state index >= 15 is 0 Å². The minimum Gasteiger partial charge on any atom is -0.393 e. The number of nitrogens with one attached hydrogen (secondary N) is 1. The zero-order valence-electron chi connectivity index (χ0n) is 8.62. The first-order valence-corrected chi connectivity index (χ1v) is 5.20. The maximum atomic E-state index is 9.18. The zero-order chi connectivity index (χ0) is 9.68. The molecule has 0 amide bonds. The summed E-state index contributed by atoms with van der Waals surface area (Å²) in [5.74, 6) is 0. The summed E-state index contributed by atoms with van der Waals surface area (Å²) >= 11 is 0. The zero-order valence-corrected chi connectivity index (χ0v) is 8.62. The number of rotatable bonds is 4. The first-order valence-electron chi connectivity index (χ1n) is 5.20. The van der Waals surface area contributed by atoms with Gasteiger partial charge in [-0.15, -0.1) is 0 Å². The number of aliphatic hydroxyl groups excluding tert-OH is 1. The van der Waals surface area contributed by atoms with Crippen LogP contribution in [-0.4, -0.2) is 36.5 Å². The van der Waals surface area contributed by atoms with Gasteiger partial charge in [0.2, 0.25) is 0 Å². The van der Waals surface area contributed by atoms with Gasteiger partial charge in [-0.05, 0) is 33.1 Å². The van der Waals surface area contributed by atoms with Crippen molar-refractivity contribution in [3.05, 3.63) is 0 Å². The average Bonchev–Trinajstić information content (AvgIpc) is 2.04. The van der Waals surface area contributed by atoms with Crippen LogP contribution >= 0.6 is 0 Å². The lowest BCUT2D eigenvalue weighted by Crippen LogP contribution is -2.42. The molecule has 1 saturated heterocycles. The molecule has 3 atom stereocenters. The van der Waals surface area contributed by atoms with Crippen molar-refractivity contribution in [3.63, 3.8) is 0 Å². The Labute approximate surface area is 80.5 Å². The molecular formula is C10H21NO2. The summed E-state index contributed by atoms with van der Waals surface area (Å²) in [5, 5.41) is 12.6. The maximum Gasteiger partial charge on any atom is 0.0619 e. The summed E-state index contributed by atoms with van der Waals surface area (Å²) < 4.78 is 5.36. The van der Waals surface area contributed by atoms with Crippen molar-refractivity contribution in [1.29, 1.82) is 0 Å². The van der Waals surface area contributed by atoms with Gasteiger partial charge in [0.1, 0.15) is 0 Å². The van der Waals surface area contributed by atoms with Gasteiger partial charge in [-0.1, -0.05) is 0 Å². The SMILES string of the molecule is CC(O)CC(C)NC1CCCOC1. The van der Waals surface area contributed by atoms with Crippen LogP contribution in [0.1, 0.15) is 33.1 Å². The van der Waals surface area contributed by atoms with Crippen molar-refractivity contribution in [3.8, 4) is 0 Å². The molecule has 0 radical (unpaired) electrons. The van der Waals surface area contributed by atoms with E-state index in [2.05, 4.69) is 12.2 Å². The maximum absolute atomic E-state index is 9.18. The Bertz CT molecular complexity index is 133. The summed E-state index contributed by atoms with van der Waals surface area (Å²) in [5.41, 5.74) is 0. The molecule has 13 heavy (non-hydrogen) atoms. The second-order valence-corrected chi connectivity index (χ2v) is 4.07. The highest BCUT2D eigenvalue weighted by molar-refractivity contribution is 4.74. The third kappa shape index (κ3) is 4.60. The van der Waals surface area contributed by atoms with Crippen LogP contribution in [0.3, 0.4) is 0 Å². The number of hydrogen-bond donors (Lipinski definition) is 2. The van der Waals surface area contributed by atoms with Gasteiger partial charge >= 0.3 is 0 Å². The second-order valence-electron chi connectivity index (χ2n) is 4.07. The molecule has 1 aliphatic rings. The van der Waals surface area contributed by atoms with E-state index in [-0.39, 0.29) is 6.10 Å². The standard InChI is InChI=1S/C10H21NO2/c1-8(6-9(2)12)11-10-4-3-5-13-7-10/h8-12H,3-7H2,1-2H3. The lowest BCUT2D eigenvalue weighted by molar-refractivity contribution is 0.0636. The van der Waals surface area contributed by atoms with Crippen LogP contribution in [0, 0.1) is 0 Å². The van der Waals surface area contributed by atoms with Crippen LogP contribution in [0.15, 0.2) is 0 Å². The summed E-state index contributed by atoms with van der Waals surface area (Å²) in [7, 11) is 0. The van der Waals surface area contributed by atoms with Gasteiger partial charge in [0.05, 0.1) is 12.7 Å². The molecule has 1 rings (SSSR count). The molecule has 0 spiro atoms. The van der Waals surface area contributed by atoms with Crippen LogP contribution in [0.5, 0.6) is 0 Å². The molecule has 0 saturated carbocycles. The van der Waals surface area contributed by atoms with Crippen molar-refractivity contribution in [1.82, 2.24) is 5.32 Å². The first-order chi connectivity index (χ1) is 6.18. The van der Waals surface area contributed by atoms with Gasteiger partial charge in [0.15, 0.2) is 0 Å². The van der Waals surface area contributed by atoms with Crippen molar-refractivity contribution in [2.75, 3.05) is 13.2 Å². The van der Waals surface area contributed by atoms with E-state index in [1.165, 1.54) is 6.42 Å². The molecule has 0 bridgehead atoms. The van der Waals surface area contributed by atoms with Crippen LogP contribution in [0.4, 0.5) is 0 Å². The fourth-order valence-corrected chi connectivity index (χ4v) is 1.85. The normalized spacial score (nSPS) is 28.4. The van der Waals surface area contributed by atoms with Crippen LogP contribution in [0.2, 0.25) is 0 Å². The quantitative estimate of drug-likeness (QED) is 0.687. The summed E-state index contributed by atoms with van der Waals surface area (Å²) in [6, 6.07) is 0.870. The van der Waals surface area contributed by atoms with Gasteiger partial charge in [0, 0.05) is 18.7 Å². The van der Waals surface area contributed by atoms with Crippen molar-refractivity contribution < 1.29 is 9.84 Å². The van der Waals surface area contributed by atoms with E-state index in [1.54, 1.807) is 0 Å². The van der Waals surface area contributed by atoms with E-state index in [1.807, 2.05) is 6.92 Å². The third-order valence-corrected chi connectivity index (χ3v) is 2.38. The number of hydrogen-bond acceptors (Lipinski definition) is 3. The fourth-order valence-electron chi connectivity index (χ4n) is 1.85. The molecule has 3 heteroatoms. The Morgan fingerprint density at radius 1 is 1.54 bits per heavy atom. The molecule has 0 aromatic rings. The summed E-state index contributed by atoms with van der Waals surface area (Å²) in [4.78, 5) is 0. The van der Waals surface area contributed by atoms with Gasteiger partial charge < -0.3 is 15.2 Å². The van der Waals surface area contributed by atoms with Gasteiger partial charge in [-0.25, -0.2) is 0 Å². The average molecular weight is 187 g/mol. The topological polar surface area (TPSA) is 41.5 Å². The van der Waals surface area contributed by atoms with E-state index in [4.69, 9.17) is 4.74 Å². The van der Waals surface area contributed by atoms with Crippen molar-refractivity contribution >= 4 is 0 Å². The number of ether oxygens (including phenoxy) is 1. The molecular weight excluding hydrogens is 166 g/mol. The molecule has 0 aliphatic carbocycles. The highest BCUT2D eigenvalue weighted by atomic mass is 16.5. The molecule has 0 aromatic carbocycles. The van der Waals surface area contributed by atoms with Gasteiger partial charge in [-0.3, -0.25) is 0 Å². The van der Waals surface area contributed by atoms with Crippen LogP contribution < -0.4 is 5.32 Å². The van der Waals surface area contributed by atoms with Gasteiger partial charge in [0.25, 0.3) is 0 Å². The Hall–Kier alpha value is -0.120. The molecule has 0 aromatic heterocycles. The highest BCUT2D eigenvalue weighted by Gasteiger charge is 2.16. The fraction of sp³-hybridized carbons (Fsp3) is 1.00. The van der Waals surface area contributed by atoms with E-state index in [0.717, 1.165) is 26.1 Å². The third-order valence-electron chi connectivity index (χ3n) is 2.38. The molecule has 1 fully saturated rings. The molecule has 78 valence electrons. The lowest BCUT2D eigenvalue weighted by atomic mass is 10.1. The van der Waals surface area contributed by atoms with E-state index < -0.39 is 0 Å². The lowest BCUT2D eigenvalue weighted by Gasteiger charge is -2.27. The van der Waals surface area contributed by atoms with Gasteiger partial charge in [-0.2, -0.15) is 0 Å². The minimum atomic E-state index is -0.216. The first kappa shape index (κ1) is 11.0. The highest BCUT2D eigenvalue weighted by Crippen LogP contribution is 2.08. The van der Waals surface area contributed by atoms with Crippen LogP contribution in [0.25, 0.3) is 0 Å². The molecule has 2 N–H and O–H groups in total. The second kappa shape index (κ2) is 5.58. The molecule has 3 unspecified atom stereocenters. The Morgan fingerprint density at radius 2 is 2.31 bits per heavy atom. The van der Waals surface area contributed by atoms with Crippen molar-refractivity contribution in [2.45, 2.75) is 51.3 Å². The predicted molar refractivity (Wildman–Crippen MR) is 52.7 cm³/mol. The molecule has 1 heterocycles. The summed E-state index contributed by atoms with van der Waals surface area (Å²) in [6.07, 6.45) is 2.95. The Morgan fingerprint density at radius 3 is 2.85 bits per heavy atom. The number of aliphatic hydroxyl groups is 1. The smallest absolute Gasteiger partial charge is 0.0619 e. The predicted octanol–water partition coefficient (Wildman–Crippen LogP) is 0.914. The van der Waals surface area contributed by atoms with Crippen LogP contribution in [-0.2, 0) is 4.74 Å².